The van der Waals surface area contributed by atoms with Crippen LogP contribution in [-0.2, 0) is 15.7 Å². The van der Waals surface area contributed by atoms with Crippen molar-refractivity contribution >= 4 is 54.5 Å². The maximum atomic E-state index is 11.3. The van der Waals surface area contributed by atoms with Gasteiger partial charge in [0.2, 0.25) is 0 Å². The van der Waals surface area contributed by atoms with Crippen molar-refractivity contribution in [3.63, 3.8) is 0 Å². The van der Waals surface area contributed by atoms with E-state index in [9.17, 15) is 8.42 Å². The first kappa shape index (κ1) is 16.7. The number of rotatable bonds is 4. The Morgan fingerprint density at radius 2 is 1.62 bits per heavy atom. The smallest absolute Gasteiger partial charge is 0.262 e. The van der Waals surface area contributed by atoms with Crippen LogP contribution in [-0.4, -0.2) is 8.42 Å². The zero-order valence-corrected chi connectivity index (χ0v) is 14.2. The molecule has 0 fully saturated rings. The Morgan fingerprint density at radius 1 is 0.952 bits per heavy atom. The van der Waals surface area contributed by atoms with Gasteiger partial charge in [-0.1, -0.05) is 53.0 Å². The van der Waals surface area contributed by atoms with Gasteiger partial charge >= 0.3 is 0 Å². The van der Waals surface area contributed by atoms with Crippen LogP contribution in [0.4, 0.5) is 0 Å². The molecule has 0 aliphatic carbocycles. The minimum Gasteiger partial charge on any atom is -0.487 e. The molecule has 2 aromatic rings. The molecule has 0 aliphatic heterocycles. The molecule has 0 aromatic heterocycles. The molecule has 0 amide bonds. The highest BCUT2D eigenvalue weighted by Gasteiger charge is 2.18. The first-order chi connectivity index (χ1) is 9.79. The lowest BCUT2D eigenvalue weighted by Crippen LogP contribution is -1.99. The fourth-order valence-corrected chi connectivity index (χ4v) is 3.56. The van der Waals surface area contributed by atoms with E-state index in [1.54, 1.807) is 18.2 Å². The van der Waals surface area contributed by atoms with E-state index in [4.69, 9.17) is 50.2 Å². The van der Waals surface area contributed by atoms with Gasteiger partial charge in [0.05, 0.1) is 10.0 Å². The van der Waals surface area contributed by atoms with Gasteiger partial charge in [-0.15, -0.1) is 0 Å². The quantitative estimate of drug-likeness (QED) is 0.683. The van der Waals surface area contributed by atoms with E-state index in [-0.39, 0.29) is 27.3 Å². The standard InChI is InChI=1S/C13H8Cl4O3S/c14-9-4-2-1-3-8(9)7-20-12-5-11(16)13(6-10(12)15)21(17,18)19/h1-6H,7H2. The summed E-state index contributed by atoms with van der Waals surface area (Å²) in [5, 5.41) is 0.578. The van der Waals surface area contributed by atoms with E-state index < -0.39 is 9.05 Å². The lowest BCUT2D eigenvalue weighted by molar-refractivity contribution is 0.306. The summed E-state index contributed by atoms with van der Waals surface area (Å²) in [7, 11) is 1.29. The molecule has 0 saturated heterocycles. The van der Waals surface area contributed by atoms with Gasteiger partial charge < -0.3 is 4.74 Å². The van der Waals surface area contributed by atoms with Crippen molar-refractivity contribution in [1.82, 2.24) is 0 Å². The molecule has 0 spiro atoms. The Morgan fingerprint density at radius 3 is 2.24 bits per heavy atom. The van der Waals surface area contributed by atoms with Crippen LogP contribution in [0.1, 0.15) is 5.56 Å². The topological polar surface area (TPSA) is 43.4 Å². The summed E-state index contributed by atoms with van der Waals surface area (Å²) < 4.78 is 28.1. The first-order valence-electron chi connectivity index (χ1n) is 5.59. The minimum atomic E-state index is -3.97. The Balaban J connectivity index is 2.26. The third-order valence-corrected chi connectivity index (χ3v) is 5.04. The molecule has 3 nitrogen and oxygen atoms in total. The van der Waals surface area contributed by atoms with Crippen molar-refractivity contribution in [3.05, 3.63) is 57.0 Å². The zero-order chi connectivity index (χ0) is 15.6. The van der Waals surface area contributed by atoms with Gasteiger partial charge in [-0.05, 0) is 12.1 Å². The summed E-state index contributed by atoms with van der Waals surface area (Å²) in [5.41, 5.74) is 0.764. The molecule has 21 heavy (non-hydrogen) atoms. The minimum absolute atomic E-state index is 0.0661. The third-order valence-electron chi connectivity index (χ3n) is 2.59. The van der Waals surface area contributed by atoms with E-state index in [2.05, 4.69) is 0 Å². The van der Waals surface area contributed by atoms with Crippen LogP contribution in [0.15, 0.2) is 41.3 Å². The largest absolute Gasteiger partial charge is 0.487 e. The van der Waals surface area contributed by atoms with Gasteiger partial charge in [0.15, 0.2) is 0 Å². The predicted octanol–water partition coefficient (Wildman–Crippen LogP) is 5.15. The van der Waals surface area contributed by atoms with Crippen LogP contribution < -0.4 is 4.74 Å². The van der Waals surface area contributed by atoms with Crippen molar-refractivity contribution in [3.8, 4) is 5.75 Å². The van der Waals surface area contributed by atoms with Crippen molar-refractivity contribution in [1.29, 1.82) is 0 Å². The van der Waals surface area contributed by atoms with E-state index in [1.807, 2.05) is 6.07 Å². The second-order valence-corrected chi connectivity index (χ2v) is 7.79. The molecule has 0 bridgehead atoms. The molecule has 0 N–H and O–H groups in total. The molecule has 0 aliphatic rings. The molecule has 0 atom stereocenters. The van der Waals surface area contributed by atoms with Crippen LogP contribution >= 0.6 is 45.5 Å². The number of ether oxygens (including phenoxy) is 1. The molecule has 0 heterocycles. The SMILES string of the molecule is O=S(=O)(Cl)c1cc(Cl)c(OCc2ccccc2Cl)cc1Cl. The highest BCUT2D eigenvalue weighted by atomic mass is 35.7. The average molecular weight is 386 g/mol. The maximum Gasteiger partial charge on any atom is 0.262 e. The van der Waals surface area contributed by atoms with Gasteiger partial charge in [0, 0.05) is 27.3 Å². The number of hydrogen-bond donors (Lipinski definition) is 0. The van der Waals surface area contributed by atoms with Gasteiger partial charge in [-0.3, -0.25) is 0 Å². The fourth-order valence-electron chi connectivity index (χ4n) is 1.58. The van der Waals surface area contributed by atoms with Crippen LogP contribution in [0.5, 0.6) is 5.75 Å². The maximum absolute atomic E-state index is 11.3. The summed E-state index contributed by atoms with van der Waals surface area (Å²) in [6, 6.07) is 9.61. The van der Waals surface area contributed by atoms with Crippen molar-refractivity contribution < 1.29 is 13.2 Å². The van der Waals surface area contributed by atoms with Crippen LogP contribution in [0, 0.1) is 0 Å². The summed E-state index contributed by atoms with van der Waals surface area (Å²) in [5.74, 6) is 0.241. The van der Waals surface area contributed by atoms with Crippen LogP contribution in [0.25, 0.3) is 0 Å². The average Bonchev–Trinajstić information content (AvgIpc) is 2.39. The van der Waals surface area contributed by atoms with Crippen LogP contribution in [0.3, 0.4) is 0 Å². The van der Waals surface area contributed by atoms with E-state index >= 15 is 0 Å². The molecule has 0 saturated carbocycles. The van der Waals surface area contributed by atoms with E-state index in [1.165, 1.54) is 6.07 Å². The second-order valence-electron chi connectivity index (χ2n) is 4.03. The van der Waals surface area contributed by atoms with E-state index in [0.717, 1.165) is 11.6 Å². The summed E-state index contributed by atoms with van der Waals surface area (Å²) in [4.78, 5) is -0.263. The highest BCUT2D eigenvalue weighted by Crippen LogP contribution is 2.35. The molecule has 2 aromatic carbocycles. The predicted molar refractivity (Wildman–Crippen MR) is 85.3 cm³/mol. The molecular weight excluding hydrogens is 378 g/mol. The number of halogens is 4. The third kappa shape index (κ3) is 4.18. The molecule has 112 valence electrons. The first-order valence-corrected chi connectivity index (χ1v) is 9.03. The molecule has 0 unspecified atom stereocenters. The normalized spacial score (nSPS) is 11.4. The zero-order valence-electron chi connectivity index (χ0n) is 10.3. The Kier molecular flexibility index (Phi) is 5.28. The lowest BCUT2D eigenvalue weighted by atomic mass is 10.2. The molecule has 8 heteroatoms. The number of benzene rings is 2. The van der Waals surface area contributed by atoms with Gasteiger partial charge in [0.1, 0.15) is 17.3 Å². The van der Waals surface area contributed by atoms with Gasteiger partial charge in [-0.25, -0.2) is 8.42 Å². The Bertz CT molecular complexity index is 775. The highest BCUT2D eigenvalue weighted by molar-refractivity contribution is 8.13. The lowest BCUT2D eigenvalue weighted by Gasteiger charge is -2.11. The van der Waals surface area contributed by atoms with Crippen LogP contribution in [0.2, 0.25) is 15.1 Å². The monoisotopic (exact) mass is 384 g/mol. The van der Waals surface area contributed by atoms with Crippen molar-refractivity contribution in [2.24, 2.45) is 0 Å². The van der Waals surface area contributed by atoms with Gasteiger partial charge in [0.25, 0.3) is 9.05 Å². The van der Waals surface area contributed by atoms with Crippen molar-refractivity contribution in [2.45, 2.75) is 11.5 Å². The molecule has 0 radical (unpaired) electrons. The summed E-state index contributed by atoms with van der Waals surface area (Å²) in [6.45, 7) is 0.169. The molecular formula is C13H8Cl4O3S. The number of hydrogen-bond acceptors (Lipinski definition) is 3. The Hall–Kier alpha value is -0.650. The van der Waals surface area contributed by atoms with E-state index in [0.29, 0.717) is 5.02 Å². The summed E-state index contributed by atoms with van der Waals surface area (Å²) >= 11 is 17.9. The summed E-state index contributed by atoms with van der Waals surface area (Å²) in [6.07, 6.45) is 0. The van der Waals surface area contributed by atoms with Crippen molar-refractivity contribution in [2.75, 3.05) is 0 Å². The Labute approximate surface area is 141 Å². The second kappa shape index (κ2) is 6.63. The molecule has 2 rings (SSSR count). The van der Waals surface area contributed by atoms with Gasteiger partial charge in [-0.2, -0.15) is 0 Å². The fraction of sp³-hybridized carbons (Fsp3) is 0.0769.